The Morgan fingerprint density at radius 2 is 1.98 bits per heavy atom. The van der Waals surface area contributed by atoms with E-state index in [9.17, 15) is 14.7 Å². The lowest BCUT2D eigenvalue weighted by Gasteiger charge is -2.47. The van der Waals surface area contributed by atoms with Crippen LogP contribution in [0.1, 0.15) is 45.5 Å². The third-order valence-electron chi connectivity index (χ3n) is 7.48. The van der Waals surface area contributed by atoms with E-state index in [1.807, 2.05) is 36.4 Å². The monoisotopic (exact) mass is 557 g/mol. The van der Waals surface area contributed by atoms with Gasteiger partial charge in [-0.25, -0.2) is 9.78 Å². The predicted molar refractivity (Wildman–Crippen MR) is 151 cm³/mol. The number of carbonyl (C=O) groups excluding carboxylic acids is 1. The van der Waals surface area contributed by atoms with Crippen LogP contribution in [0.3, 0.4) is 0 Å². The molecule has 3 atom stereocenters. The summed E-state index contributed by atoms with van der Waals surface area (Å²) < 4.78 is 17.1. The molecule has 3 aromatic rings. The molecule has 41 heavy (non-hydrogen) atoms. The number of nitrogen functional groups attached to an aromatic ring is 2. The second-order valence-electron chi connectivity index (χ2n) is 9.87. The second kappa shape index (κ2) is 11.5. The zero-order valence-electron chi connectivity index (χ0n) is 22.8. The fraction of sp³-hybridized carbons (Fsp3) is 0.333. The van der Waals surface area contributed by atoms with Gasteiger partial charge in [-0.15, -0.1) is 0 Å². The van der Waals surface area contributed by atoms with Crippen molar-refractivity contribution in [2.75, 3.05) is 43.7 Å². The fourth-order valence-electron chi connectivity index (χ4n) is 5.47. The number of methoxy groups -OCH3 is 2. The van der Waals surface area contributed by atoms with Gasteiger partial charge in [-0.05, 0) is 42.7 Å². The van der Waals surface area contributed by atoms with Crippen molar-refractivity contribution < 1.29 is 28.9 Å². The molecule has 1 fully saturated rings. The van der Waals surface area contributed by atoms with Gasteiger partial charge in [-0.2, -0.15) is 4.98 Å². The van der Waals surface area contributed by atoms with Crippen molar-refractivity contribution in [3.05, 3.63) is 76.5 Å². The van der Waals surface area contributed by atoms with Crippen LogP contribution < -0.4 is 16.4 Å². The zero-order chi connectivity index (χ0) is 29.1. The Morgan fingerprint density at radius 1 is 1.20 bits per heavy atom. The van der Waals surface area contributed by atoms with Crippen LogP contribution in [0.2, 0.25) is 0 Å². The van der Waals surface area contributed by atoms with E-state index in [1.165, 1.54) is 20.4 Å². The van der Waals surface area contributed by atoms with E-state index in [0.717, 1.165) is 18.4 Å². The first-order chi connectivity index (χ1) is 19.8. The van der Waals surface area contributed by atoms with E-state index in [0.29, 0.717) is 35.5 Å². The minimum Gasteiger partial charge on any atom is -0.479 e. The average Bonchev–Trinajstić information content (AvgIpc) is 3.48. The molecule has 5 rings (SSSR count). The number of anilines is 3. The first kappa shape index (κ1) is 28.0. The van der Waals surface area contributed by atoms with Crippen LogP contribution in [-0.4, -0.2) is 72.1 Å². The van der Waals surface area contributed by atoms with Gasteiger partial charge in [0.15, 0.2) is 6.23 Å². The summed E-state index contributed by atoms with van der Waals surface area (Å²) in [7, 11) is 2.55. The van der Waals surface area contributed by atoms with Crippen molar-refractivity contribution in [3.8, 4) is 11.8 Å². The Hall–Kier alpha value is -4.50. The summed E-state index contributed by atoms with van der Waals surface area (Å²) in [6.07, 6.45) is 1.81. The van der Waals surface area contributed by atoms with Gasteiger partial charge in [0.2, 0.25) is 11.7 Å². The molecule has 11 heteroatoms. The van der Waals surface area contributed by atoms with Crippen LogP contribution >= 0.6 is 0 Å². The van der Waals surface area contributed by atoms with Gasteiger partial charge < -0.3 is 35.7 Å². The van der Waals surface area contributed by atoms with Gasteiger partial charge in [0.1, 0.15) is 5.82 Å². The molecule has 0 spiro atoms. The number of carbonyl (C=O) groups is 2. The lowest BCUT2D eigenvalue weighted by atomic mass is 9.79. The van der Waals surface area contributed by atoms with Crippen molar-refractivity contribution in [1.29, 1.82) is 0 Å². The maximum absolute atomic E-state index is 14.4. The summed E-state index contributed by atoms with van der Waals surface area (Å²) in [6, 6.07) is 13.0. The first-order valence-electron chi connectivity index (χ1n) is 13.1. The van der Waals surface area contributed by atoms with Crippen molar-refractivity contribution in [2.24, 2.45) is 0 Å². The van der Waals surface area contributed by atoms with E-state index in [-0.39, 0.29) is 29.9 Å². The van der Waals surface area contributed by atoms with Gasteiger partial charge in [0, 0.05) is 62.2 Å². The molecule has 2 aliphatic rings. The second-order valence-corrected chi connectivity index (χ2v) is 9.87. The van der Waals surface area contributed by atoms with Gasteiger partial charge in [-0.3, -0.25) is 4.79 Å². The topological polar surface area (TPSA) is 163 Å². The standard InChI is InChI=1S/C30H31N5O6/c1-39-27-30(40-2,28(37)38)25(36)24-22(15-20-16-33-29(32)34-26(20)31)19(11-10-18-7-4-3-5-8-18)12-13-23(24)35(27)17-21-9-6-14-41-21/h3-5,7-8,12-13,16,21,27H,6,9,14-15,17H2,1-2H3,(H,37,38)(H4,31,32,33,34). The highest BCUT2D eigenvalue weighted by Crippen LogP contribution is 2.42. The summed E-state index contributed by atoms with van der Waals surface area (Å²) in [5.74, 6) is 4.22. The molecule has 3 unspecified atom stereocenters. The molecule has 5 N–H and O–H groups in total. The third kappa shape index (κ3) is 5.09. The molecule has 2 aliphatic heterocycles. The number of hydrogen-bond acceptors (Lipinski definition) is 10. The van der Waals surface area contributed by atoms with Crippen molar-refractivity contribution >= 4 is 29.2 Å². The number of aliphatic carboxylic acids is 1. The normalized spacial score (nSPS) is 21.7. The highest BCUT2D eigenvalue weighted by molar-refractivity contribution is 6.21. The molecule has 0 radical (unpaired) electrons. The molecule has 0 amide bonds. The lowest BCUT2D eigenvalue weighted by molar-refractivity contribution is -0.171. The van der Waals surface area contributed by atoms with Crippen LogP contribution in [0.15, 0.2) is 48.7 Å². The van der Waals surface area contributed by atoms with Crippen molar-refractivity contribution in [2.45, 2.75) is 37.2 Å². The Balaban J connectivity index is 1.76. The SMILES string of the molecule is COC1N(CC2CCCO2)c2ccc(C#Cc3ccccc3)c(Cc3cnc(N)nc3N)c2C(=O)C1(OC)C(=O)O. The maximum Gasteiger partial charge on any atom is 0.349 e. The van der Waals surface area contributed by atoms with E-state index in [4.69, 9.17) is 25.7 Å². The number of ketones is 1. The Labute approximate surface area is 237 Å². The Kier molecular flexibility index (Phi) is 7.90. The molecule has 0 saturated carbocycles. The van der Waals surface area contributed by atoms with Gasteiger partial charge in [0.25, 0.3) is 5.60 Å². The summed E-state index contributed by atoms with van der Waals surface area (Å²) in [5, 5.41) is 10.5. The third-order valence-corrected chi connectivity index (χ3v) is 7.48. The van der Waals surface area contributed by atoms with Crippen LogP contribution in [0.5, 0.6) is 0 Å². The summed E-state index contributed by atoms with van der Waals surface area (Å²) in [6.45, 7) is 0.894. The van der Waals surface area contributed by atoms with Gasteiger partial charge >= 0.3 is 5.97 Å². The average molecular weight is 558 g/mol. The number of hydrogen-bond donors (Lipinski definition) is 3. The number of carboxylic acids is 1. The summed E-state index contributed by atoms with van der Waals surface area (Å²) >= 11 is 0. The summed E-state index contributed by atoms with van der Waals surface area (Å²) in [4.78, 5) is 37.1. The largest absolute Gasteiger partial charge is 0.479 e. The fourth-order valence-corrected chi connectivity index (χ4v) is 5.47. The number of nitrogens with two attached hydrogens (primary N) is 2. The molecule has 3 heterocycles. The predicted octanol–water partition coefficient (Wildman–Crippen LogP) is 2.26. The number of carboxylic acid groups (broad SMARTS) is 1. The zero-order valence-corrected chi connectivity index (χ0v) is 22.8. The molecule has 11 nitrogen and oxygen atoms in total. The highest BCUT2D eigenvalue weighted by atomic mass is 16.6. The van der Waals surface area contributed by atoms with Crippen molar-refractivity contribution in [1.82, 2.24) is 9.97 Å². The number of rotatable bonds is 7. The number of Topliss-reactive ketones (excluding diaryl/α,β-unsaturated/α-hetero) is 1. The van der Waals surface area contributed by atoms with Crippen LogP contribution in [-0.2, 0) is 25.4 Å². The van der Waals surface area contributed by atoms with Gasteiger partial charge in [0.05, 0.1) is 11.8 Å². The Bertz CT molecular complexity index is 1530. The minimum absolute atomic E-state index is 0.0106. The number of fused-ring (bicyclic) bond motifs is 1. The minimum atomic E-state index is -2.36. The quantitative estimate of drug-likeness (QED) is 0.288. The summed E-state index contributed by atoms with van der Waals surface area (Å²) in [5.41, 5.74) is 12.4. The van der Waals surface area contributed by atoms with Crippen molar-refractivity contribution in [3.63, 3.8) is 0 Å². The Morgan fingerprint density at radius 3 is 2.61 bits per heavy atom. The van der Waals surface area contributed by atoms with E-state index in [2.05, 4.69) is 21.8 Å². The highest BCUT2D eigenvalue weighted by Gasteiger charge is 2.61. The molecule has 1 aromatic heterocycles. The molecule has 0 aliphatic carbocycles. The molecule has 2 aromatic carbocycles. The maximum atomic E-state index is 14.4. The molecule has 0 bridgehead atoms. The smallest absolute Gasteiger partial charge is 0.349 e. The number of ether oxygens (including phenoxy) is 3. The number of aromatic nitrogens is 2. The molecule has 1 saturated heterocycles. The number of benzene rings is 2. The van der Waals surface area contributed by atoms with Crippen LogP contribution in [0.25, 0.3) is 0 Å². The van der Waals surface area contributed by atoms with E-state index >= 15 is 0 Å². The molecular weight excluding hydrogens is 526 g/mol. The van der Waals surface area contributed by atoms with E-state index < -0.39 is 23.6 Å². The number of nitrogens with zero attached hydrogens (tertiary/aromatic N) is 3. The van der Waals surface area contributed by atoms with Crippen LogP contribution in [0, 0.1) is 11.8 Å². The molecular formula is C30H31N5O6. The lowest BCUT2D eigenvalue weighted by Crippen LogP contribution is -2.68. The molecule has 212 valence electrons. The van der Waals surface area contributed by atoms with Gasteiger partial charge in [-0.1, -0.05) is 30.0 Å². The first-order valence-corrected chi connectivity index (χ1v) is 13.1. The van der Waals surface area contributed by atoms with Crippen LogP contribution in [0.4, 0.5) is 17.5 Å². The van der Waals surface area contributed by atoms with E-state index in [1.54, 1.807) is 11.0 Å².